The van der Waals surface area contributed by atoms with E-state index < -0.39 is 12.0 Å². The maximum absolute atomic E-state index is 11.4. The highest BCUT2D eigenvalue weighted by Gasteiger charge is 2.18. The zero-order chi connectivity index (χ0) is 20.4. The minimum absolute atomic E-state index is 0.189. The van der Waals surface area contributed by atoms with Crippen molar-refractivity contribution in [3.63, 3.8) is 0 Å². The number of benzene rings is 1. The summed E-state index contributed by atoms with van der Waals surface area (Å²) in [6.07, 6.45) is -0.306. The van der Waals surface area contributed by atoms with Gasteiger partial charge < -0.3 is 25.1 Å². The number of nitrogens with one attached hydrogen (secondary N) is 1. The van der Waals surface area contributed by atoms with Crippen molar-refractivity contribution in [1.29, 1.82) is 0 Å². The Hall–Kier alpha value is -2.84. The Morgan fingerprint density at radius 2 is 2.03 bits per heavy atom. The molecule has 1 fully saturated rings. The number of nitrogens with zero attached hydrogens (tertiary/aromatic N) is 3. The van der Waals surface area contributed by atoms with Crippen molar-refractivity contribution in [2.45, 2.75) is 19.4 Å². The molecule has 29 heavy (non-hydrogen) atoms. The number of rotatable bonds is 6. The summed E-state index contributed by atoms with van der Waals surface area (Å²) in [5.41, 5.74) is 9.07. The van der Waals surface area contributed by atoms with Gasteiger partial charge in [0.1, 0.15) is 0 Å². The predicted molar refractivity (Wildman–Crippen MR) is 111 cm³/mol. The zero-order valence-corrected chi connectivity index (χ0v) is 16.8. The monoisotopic (exact) mass is 415 g/mol. The fourth-order valence-corrected chi connectivity index (χ4v) is 3.54. The first kappa shape index (κ1) is 19.5. The molecule has 0 spiro atoms. The van der Waals surface area contributed by atoms with E-state index in [2.05, 4.69) is 32.0 Å². The van der Waals surface area contributed by atoms with Gasteiger partial charge in [0.25, 0.3) is 11.9 Å². The number of carbonyl (C=O) groups is 1. The lowest BCUT2D eigenvalue weighted by Gasteiger charge is -2.28. The fourth-order valence-electron chi connectivity index (χ4n) is 3.28. The highest BCUT2D eigenvalue weighted by atomic mass is 35.5. The fraction of sp³-hybridized carbons (Fsp3) is 0.350. The maximum Gasteiger partial charge on any atom is 0.296 e. The molecule has 1 aliphatic rings. The van der Waals surface area contributed by atoms with Gasteiger partial charge in [0, 0.05) is 24.3 Å². The van der Waals surface area contributed by atoms with Crippen LogP contribution in [0.4, 0.5) is 5.69 Å². The molecule has 1 atom stereocenters. The molecule has 4 rings (SSSR count). The lowest BCUT2D eigenvalue weighted by Crippen LogP contribution is -2.36. The Bertz CT molecular complexity index is 1010. The first-order chi connectivity index (χ1) is 14.0. The van der Waals surface area contributed by atoms with Crippen LogP contribution in [0.3, 0.4) is 0 Å². The lowest BCUT2D eigenvalue weighted by molar-refractivity contribution is -0.125. The van der Waals surface area contributed by atoms with Gasteiger partial charge >= 0.3 is 0 Å². The van der Waals surface area contributed by atoms with Gasteiger partial charge in [-0.25, -0.2) is 4.98 Å². The molecule has 2 aromatic heterocycles. The van der Waals surface area contributed by atoms with E-state index in [-0.39, 0.29) is 6.01 Å². The molecule has 1 amide bonds. The van der Waals surface area contributed by atoms with Crippen LogP contribution < -0.4 is 15.4 Å². The van der Waals surface area contributed by atoms with E-state index >= 15 is 0 Å². The molecule has 0 aliphatic carbocycles. The Balaban J connectivity index is 1.60. The van der Waals surface area contributed by atoms with Crippen LogP contribution in [0.1, 0.15) is 13.3 Å². The van der Waals surface area contributed by atoms with Crippen molar-refractivity contribution < 1.29 is 14.3 Å². The average Bonchev–Trinajstić information content (AvgIpc) is 3.13. The number of ether oxygens (including phenoxy) is 2. The number of morpholine rings is 1. The number of anilines is 1. The number of H-pyrrole nitrogens is 1. The van der Waals surface area contributed by atoms with Crippen LogP contribution in [0.5, 0.6) is 6.01 Å². The highest BCUT2D eigenvalue weighted by molar-refractivity contribution is 6.33. The first-order valence-electron chi connectivity index (χ1n) is 9.50. The summed E-state index contributed by atoms with van der Waals surface area (Å²) in [6.45, 7) is 5.05. The number of carbonyl (C=O) groups excluding carboxylic acids is 1. The third-order valence-electron chi connectivity index (χ3n) is 4.86. The van der Waals surface area contributed by atoms with Crippen molar-refractivity contribution in [2.24, 2.45) is 5.73 Å². The summed E-state index contributed by atoms with van der Waals surface area (Å²) in [6, 6.07) is 10.0. The van der Waals surface area contributed by atoms with Gasteiger partial charge in [-0.2, -0.15) is 4.98 Å². The number of nitrogens with two attached hydrogens (primary N) is 1. The number of halogens is 1. The minimum Gasteiger partial charge on any atom is -0.451 e. The molecule has 9 heteroatoms. The summed E-state index contributed by atoms with van der Waals surface area (Å²) in [5, 5.41) is 0.494. The number of aromatic amines is 1. The Morgan fingerprint density at radius 3 is 2.69 bits per heavy atom. The van der Waals surface area contributed by atoms with E-state index in [9.17, 15) is 4.79 Å². The third kappa shape index (κ3) is 4.13. The molecule has 1 aromatic carbocycles. The molecule has 0 saturated carbocycles. The number of fused-ring (bicyclic) bond motifs is 1. The van der Waals surface area contributed by atoms with Crippen LogP contribution >= 0.6 is 11.6 Å². The summed E-state index contributed by atoms with van der Waals surface area (Å²) in [7, 11) is 0. The SMILES string of the molecule is CCC(Oc1nc2nc(-c3ccc(N4CCOCC4)cc3)c(Cl)cc2[nH]1)C(N)=O. The van der Waals surface area contributed by atoms with E-state index in [4.69, 9.17) is 26.8 Å². The van der Waals surface area contributed by atoms with Gasteiger partial charge in [0.15, 0.2) is 11.8 Å². The molecule has 1 saturated heterocycles. The molecule has 3 aromatic rings. The van der Waals surface area contributed by atoms with Crippen molar-refractivity contribution in [3.8, 4) is 17.3 Å². The minimum atomic E-state index is -0.752. The molecule has 8 nitrogen and oxygen atoms in total. The third-order valence-corrected chi connectivity index (χ3v) is 5.15. The number of amides is 1. The molecular weight excluding hydrogens is 394 g/mol. The van der Waals surface area contributed by atoms with E-state index in [1.165, 1.54) is 0 Å². The number of imidazole rings is 1. The molecule has 3 heterocycles. The number of primary amides is 1. The van der Waals surface area contributed by atoms with Crippen molar-refractivity contribution >= 4 is 34.4 Å². The van der Waals surface area contributed by atoms with E-state index in [0.29, 0.717) is 28.3 Å². The van der Waals surface area contributed by atoms with Gasteiger partial charge in [0.2, 0.25) is 0 Å². The maximum atomic E-state index is 11.4. The predicted octanol–water partition coefficient (Wildman–Crippen LogP) is 2.76. The van der Waals surface area contributed by atoms with Gasteiger partial charge in [-0.15, -0.1) is 0 Å². The van der Waals surface area contributed by atoms with Crippen LogP contribution in [0, 0.1) is 0 Å². The normalized spacial score (nSPS) is 15.4. The summed E-state index contributed by atoms with van der Waals surface area (Å²) >= 11 is 6.47. The molecule has 0 radical (unpaired) electrons. The smallest absolute Gasteiger partial charge is 0.296 e. The standard InChI is InChI=1S/C20H22ClN5O3/c1-2-16(18(22)27)29-20-23-15-11-14(21)17(24-19(15)25-20)12-3-5-13(6-4-12)26-7-9-28-10-8-26/h3-6,11,16H,2,7-10H2,1H3,(H2,22,27)(H,23,24,25). The Labute approximate surface area is 173 Å². The first-order valence-corrected chi connectivity index (χ1v) is 9.88. The second-order valence-corrected chi connectivity index (χ2v) is 7.20. The van der Waals surface area contributed by atoms with E-state index in [1.807, 2.05) is 19.1 Å². The van der Waals surface area contributed by atoms with Gasteiger partial charge in [-0.05, 0) is 24.6 Å². The van der Waals surface area contributed by atoms with Crippen LogP contribution in [-0.2, 0) is 9.53 Å². The quantitative estimate of drug-likeness (QED) is 0.641. The van der Waals surface area contributed by atoms with Crippen LogP contribution in [0.2, 0.25) is 5.02 Å². The molecule has 1 unspecified atom stereocenters. The van der Waals surface area contributed by atoms with Crippen LogP contribution in [0.25, 0.3) is 22.4 Å². The van der Waals surface area contributed by atoms with Crippen LogP contribution in [-0.4, -0.2) is 53.3 Å². The second kappa shape index (κ2) is 8.26. The molecule has 1 aliphatic heterocycles. The summed E-state index contributed by atoms with van der Waals surface area (Å²) in [5.74, 6) is -0.542. The number of aromatic nitrogens is 3. The number of hydrogen-bond donors (Lipinski definition) is 2. The van der Waals surface area contributed by atoms with Crippen molar-refractivity contribution in [3.05, 3.63) is 35.4 Å². The van der Waals surface area contributed by atoms with Gasteiger partial charge in [-0.1, -0.05) is 30.7 Å². The largest absolute Gasteiger partial charge is 0.451 e. The van der Waals surface area contributed by atoms with Crippen molar-refractivity contribution in [2.75, 3.05) is 31.2 Å². The van der Waals surface area contributed by atoms with Gasteiger partial charge in [0.05, 0.1) is 29.4 Å². The number of hydrogen-bond acceptors (Lipinski definition) is 6. The Morgan fingerprint density at radius 1 is 1.31 bits per heavy atom. The topological polar surface area (TPSA) is 106 Å². The average molecular weight is 416 g/mol. The Kier molecular flexibility index (Phi) is 5.55. The number of pyridine rings is 1. The molecule has 152 valence electrons. The van der Waals surface area contributed by atoms with Crippen LogP contribution in [0.15, 0.2) is 30.3 Å². The zero-order valence-electron chi connectivity index (χ0n) is 16.0. The van der Waals surface area contributed by atoms with Crippen molar-refractivity contribution in [1.82, 2.24) is 15.0 Å². The summed E-state index contributed by atoms with van der Waals surface area (Å²) < 4.78 is 10.9. The van der Waals surface area contributed by atoms with E-state index in [1.54, 1.807) is 6.07 Å². The van der Waals surface area contributed by atoms with Gasteiger partial charge in [-0.3, -0.25) is 4.79 Å². The second-order valence-electron chi connectivity index (χ2n) is 6.80. The molecule has 3 N–H and O–H groups in total. The highest BCUT2D eigenvalue weighted by Crippen LogP contribution is 2.31. The van der Waals surface area contributed by atoms with E-state index in [0.717, 1.165) is 37.6 Å². The molecule has 0 bridgehead atoms. The summed E-state index contributed by atoms with van der Waals surface area (Å²) in [4.78, 5) is 25.6. The lowest BCUT2D eigenvalue weighted by atomic mass is 10.1. The molecular formula is C20H22ClN5O3.